The predicted octanol–water partition coefficient (Wildman–Crippen LogP) is 4.76. The molecule has 102 valence electrons. The minimum Gasteiger partial charge on any atom is -0.453 e. The normalized spacial score (nSPS) is 20.8. The zero-order chi connectivity index (χ0) is 13.0. The summed E-state index contributed by atoms with van der Waals surface area (Å²) in [6.07, 6.45) is 9.10. The van der Waals surface area contributed by atoms with Crippen molar-refractivity contribution >= 4 is 27.7 Å². The second-order valence-electron chi connectivity index (χ2n) is 5.19. The number of nitrogens with one attached hydrogen (secondary N) is 1. The molecule has 0 bridgehead atoms. The van der Waals surface area contributed by atoms with Crippen LogP contribution in [0.2, 0.25) is 0 Å². The van der Waals surface area contributed by atoms with E-state index >= 15 is 0 Å². The highest BCUT2D eigenvalue weighted by Gasteiger charge is 2.31. The van der Waals surface area contributed by atoms with E-state index in [4.69, 9.17) is 4.42 Å². The first-order valence-corrected chi connectivity index (χ1v) is 8.71. The number of halogens is 1. The van der Waals surface area contributed by atoms with Crippen LogP contribution in [-0.4, -0.2) is 17.5 Å². The zero-order valence-corrected chi connectivity index (χ0v) is 13.6. The summed E-state index contributed by atoms with van der Waals surface area (Å²) in [5.41, 5.74) is 0. The molecular formula is C14H22BrNOS. The maximum absolute atomic E-state index is 5.60. The molecule has 1 N–H and O–H groups in total. The van der Waals surface area contributed by atoms with Gasteiger partial charge in [0.15, 0.2) is 4.67 Å². The molecule has 1 unspecified atom stereocenters. The van der Waals surface area contributed by atoms with Crippen LogP contribution in [0.15, 0.2) is 21.2 Å². The van der Waals surface area contributed by atoms with Gasteiger partial charge in [-0.1, -0.05) is 19.3 Å². The molecule has 1 fully saturated rings. The van der Waals surface area contributed by atoms with Crippen molar-refractivity contribution in [3.8, 4) is 0 Å². The summed E-state index contributed by atoms with van der Waals surface area (Å²) in [6, 6.07) is 4.27. The SMILES string of the molecule is CSC1(CNC(C)c2ccc(Br)o2)CCCCC1. The van der Waals surface area contributed by atoms with Crippen molar-refractivity contribution in [1.29, 1.82) is 0 Å². The molecule has 2 rings (SSSR count). The average molecular weight is 332 g/mol. The lowest BCUT2D eigenvalue weighted by atomic mass is 9.88. The third-order valence-corrected chi connectivity index (χ3v) is 5.79. The van der Waals surface area contributed by atoms with Gasteiger partial charge in [0.1, 0.15) is 5.76 Å². The van der Waals surface area contributed by atoms with Crippen LogP contribution in [0.4, 0.5) is 0 Å². The Balaban J connectivity index is 1.89. The lowest BCUT2D eigenvalue weighted by molar-refractivity contribution is 0.349. The minimum atomic E-state index is 0.280. The van der Waals surface area contributed by atoms with E-state index in [1.54, 1.807) is 0 Å². The number of hydrogen-bond acceptors (Lipinski definition) is 3. The molecule has 1 heterocycles. The summed E-state index contributed by atoms with van der Waals surface area (Å²) < 4.78 is 6.85. The van der Waals surface area contributed by atoms with Gasteiger partial charge < -0.3 is 9.73 Å². The van der Waals surface area contributed by atoms with E-state index in [9.17, 15) is 0 Å². The quantitative estimate of drug-likeness (QED) is 0.842. The smallest absolute Gasteiger partial charge is 0.169 e. The monoisotopic (exact) mass is 331 g/mol. The molecule has 1 atom stereocenters. The molecule has 18 heavy (non-hydrogen) atoms. The first kappa shape index (κ1) is 14.5. The Labute approximate surface area is 122 Å². The molecule has 1 aromatic heterocycles. The van der Waals surface area contributed by atoms with E-state index in [0.29, 0.717) is 4.75 Å². The molecule has 1 aromatic rings. The van der Waals surface area contributed by atoms with Crippen molar-refractivity contribution in [3.63, 3.8) is 0 Å². The van der Waals surface area contributed by atoms with Crippen LogP contribution in [0.25, 0.3) is 0 Å². The van der Waals surface area contributed by atoms with Gasteiger partial charge in [-0.2, -0.15) is 11.8 Å². The van der Waals surface area contributed by atoms with Gasteiger partial charge in [-0.25, -0.2) is 0 Å². The number of hydrogen-bond donors (Lipinski definition) is 1. The van der Waals surface area contributed by atoms with Crippen molar-refractivity contribution < 1.29 is 4.42 Å². The second-order valence-corrected chi connectivity index (χ2v) is 7.25. The molecule has 0 saturated heterocycles. The maximum atomic E-state index is 5.60. The average Bonchev–Trinajstić information content (AvgIpc) is 2.84. The van der Waals surface area contributed by atoms with Crippen molar-refractivity contribution in [1.82, 2.24) is 5.32 Å². The number of rotatable bonds is 5. The Bertz CT molecular complexity index is 374. The topological polar surface area (TPSA) is 25.2 Å². The van der Waals surface area contributed by atoms with Gasteiger partial charge in [-0.3, -0.25) is 0 Å². The van der Waals surface area contributed by atoms with E-state index in [1.807, 2.05) is 23.9 Å². The first-order chi connectivity index (χ1) is 8.65. The Morgan fingerprint density at radius 3 is 2.67 bits per heavy atom. The Hall–Kier alpha value is 0.0700. The molecular weight excluding hydrogens is 310 g/mol. The zero-order valence-electron chi connectivity index (χ0n) is 11.2. The fourth-order valence-electron chi connectivity index (χ4n) is 2.65. The fourth-order valence-corrected chi connectivity index (χ4v) is 3.89. The summed E-state index contributed by atoms with van der Waals surface area (Å²) in [5.74, 6) is 1.01. The standard InChI is InChI=1S/C14H22BrNOS/c1-11(12-6-7-13(15)17-12)16-10-14(18-2)8-4-3-5-9-14/h6-7,11,16H,3-5,8-10H2,1-2H3. The Kier molecular flexibility index (Phi) is 5.22. The van der Waals surface area contributed by atoms with Crippen molar-refractivity contribution in [2.24, 2.45) is 0 Å². The summed E-state index contributed by atoms with van der Waals surface area (Å²) in [4.78, 5) is 0. The molecule has 1 saturated carbocycles. The summed E-state index contributed by atoms with van der Waals surface area (Å²) in [6.45, 7) is 3.25. The van der Waals surface area contributed by atoms with Gasteiger partial charge in [0, 0.05) is 11.3 Å². The first-order valence-electron chi connectivity index (χ1n) is 6.69. The molecule has 0 aromatic carbocycles. The van der Waals surface area contributed by atoms with Crippen LogP contribution < -0.4 is 5.32 Å². The largest absolute Gasteiger partial charge is 0.453 e. The maximum Gasteiger partial charge on any atom is 0.169 e. The fraction of sp³-hybridized carbons (Fsp3) is 0.714. The molecule has 1 aliphatic rings. The van der Waals surface area contributed by atoms with Crippen LogP contribution in [0.1, 0.15) is 50.8 Å². The van der Waals surface area contributed by atoms with Crippen LogP contribution in [0.5, 0.6) is 0 Å². The third-order valence-electron chi connectivity index (χ3n) is 3.95. The molecule has 1 aliphatic carbocycles. The second kappa shape index (κ2) is 6.49. The van der Waals surface area contributed by atoms with Crippen LogP contribution in [0.3, 0.4) is 0 Å². The van der Waals surface area contributed by atoms with Gasteiger partial charge >= 0.3 is 0 Å². The Morgan fingerprint density at radius 1 is 1.39 bits per heavy atom. The van der Waals surface area contributed by atoms with Crippen molar-refractivity contribution in [2.75, 3.05) is 12.8 Å². The van der Waals surface area contributed by atoms with E-state index in [1.165, 1.54) is 32.1 Å². The van der Waals surface area contributed by atoms with Gasteiger partial charge in [0.2, 0.25) is 0 Å². The lowest BCUT2D eigenvalue weighted by Gasteiger charge is -2.36. The Morgan fingerprint density at radius 2 is 2.11 bits per heavy atom. The van der Waals surface area contributed by atoms with Gasteiger partial charge in [0.25, 0.3) is 0 Å². The van der Waals surface area contributed by atoms with E-state index < -0.39 is 0 Å². The van der Waals surface area contributed by atoms with Crippen LogP contribution in [-0.2, 0) is 0 Å². The van der Waals surface area contributed by atoms with Gasteiger partial charge in [-0.05, 0) is 54.1 Å². The molecule has 0 radical (unpaired) electrons. The highest BCUT2D eigenvalue weighted by Crippen LogP contribution is 2.38. The number of furan rings is 1. The van der Waals surface area contributed by atoms with Crippen LogP contribution >= 0.6 is 27.7 Å². The molecule has 2 nitrogen and oxygen atoms in total. The van der Waals surface area contributed by atoms with Crippen molar-refractivity contribution in [3.05, 3.63) is 22.6 Å². The predicted molar refractivity (Wildman–Crippen MR) is 82.2 cm³/mol. The molecule has 0 spiro atoms. The van der Waals surface area contributed by atoms with Crippen LogP contribution in [0, 0.1) is 0 Å². The highest BCUT2D eigenvalue weighted by molar-refractivity contribution is 9.10. The summed E-state index contributed by atoms with van der Waals surface area (Å²) in [5, 5.41) is 3.64. The van der Waals surface area contributed by atoms with Crippen molar-refractivity contribution in [2.45, 2.75) is 49.8 Å². The molecule has 0 aliphatic heterocycles. The summed E-state index contributed by atoms with van der Waals surface area (Å²) >= 11 is 5.39. The minimum absolute atomic E-state index is 0.280. The molecule has 4 heteroatoms. The highest BCUT2D eigenvalue weighted by atomic mass is 79.9. The third kappa shape index (κ3) is 3.55. The summed E-state index contributed by atoms with van der Waals surface area (Å²) in [7, 11) is 0. The van der Waals surface area contributed by atoms with Gasteiger partial charge in [0.05, 0.1) is 6.04 Å². The number of thioether (sulfide) groups is 1. The van der Waals surface area contributed by atoms with Gasteiger partial charge in [-0.15, -0.1) is 0 Å². The lowest BCUT2D eigenvalue weighted by Crippen LogP contribution is -2.40. The van der Waals surface area contributed by atoms with E-state index in [0.717, 1.165) is 17.0 Å². The molecule has 0 amide bonds. The van der Waals surface area contributed by atoms with E-state index in [2.05, 4.69) is 34.4 Å². The van der Waals surface area contributed by atoms with E-state index in [-0.39, 0.29) is 6.04 Å².